The lowest BCUT2D eigenvalue weighted by atomic mass is 9.92. The van der Waals surface area contributed by atoms with E-state index >= 15 is 0 Å². The van der Waals surface area contributed by atoms with Crippen LogP contribution in [0.5, 0.6) is 0 Å². The van der Waals surface area contributed by atoms with Crippen molar-refractivity contribution in [2.24, 2.45) is 5.92 Å². The molecular weight excluding hydrogens is 205 g/mol. The van der Waals surface area contributed by atoms with Gasteiger partial charge in [0.1, 0.15) is 5.82 Å². The Kier molecular flexibility index (Phi) is 2.20. The molecule has 1 unspecified atom stereocenters. The van der Waals surface area contributed by atoms with Gasteiger partial charge in [-0.3, -0.25) is 4.79 Å². The monoisotopic (exact) mass is 219 g/mol. The quantitative estimate of drug-likeness (QED) is 0.773. The van der Waals surface area contributed by atoms with Crippen LogP contribution in [-0.2, 0) is 0 Å². The van der Waals surface area contributed by atoms with Crippen LogP contribution in [0, 0.1) is 11.7 Å². The molecule has 0 radical (unpaired) electrons. The van der Waals surface area contributed by atoms with Gasteiger partial charge in [-0.05, 0) is 36.5 Å². The summed E-state index contributed by atoms with van der Waals surface area (Å²) in [6.45, 7) is 0. The molecule has 1 aromatic rings. The SMILES string of the molecule is O=C1NC(C2CCCC2)c2ccc(F)cc21. The molecule has 3 rings (SSSR count). The smallest absolute Gasteiger partial charge is 0.252 e. The summed E-state index contributed by atoms with van der Waals surface area (Å²) >= 11 is 0. The molecule has 1 heterocycles. The van der Waals surface area contributed by atoms with Crippen molar-refractivity contribution in [2.75, 3.05) is 0 Å². The van der Waals surface area contributed by atoms with E-state index in [2.05, 4.69) is 5.32 Å². The van der Waals surface area contributed by atoms with Crippen LogP contribution < -0.4 is 5.32 Å². The molecular formula is C13H14FNO. The molecule has 1 atom stereocenters. The highest BCUT2D eigenvalue weighted by Crippen LogP contribution is 2.39. The van der Waals surface area contributed by atoms with Gasteiger partial charge in [0.2, 0.25) is 0 Å². The molecule has 16 heavy (non-hydrogen) atoms. The lowest BCUT2D eigenvalue weighted by molar-refractivity contribution is 0.0946. The third kappa shape index (κ3) is 1.42. The molecule has 1 aliphatic heterocycles. The van der Waals surface area contributed by atoms with Gasteiger partial charge < -0.3 is 5.32 Å². The fourth-order valence-corrected chi connectivity index (χ4v) is 2.96. The summed E-state index contributed by atoms with van der Waals surface area (Å²) in [7, 11) is 0. The minimum Gasteiger partial charge on any atom is -0.345 e. The first-order valence-electron chi connectivity index (χ1n) is 5.86. The van der Waals surface area contributed by atoms with Crippen molar-refractivity contribution in [3.63, 3.8) is 0 Å². The van der Waals surface area contributed by atoms with Crippen molar-refractivity contribution >= 4 is 5.91 Å². The van der Waals surface area contributed by atoms with Crippen LogP contribution in [0.2, 0.25) is 0 Å². The first-order chi connectivity index (χ1) is 7.75. The molecule has 0 spiro atoms. The number of nitrogens with one attached hydrogen (secondary N) is 1. The van der Waals surface area contributed by atoms with Crippen LogP contribution in [0.25, 0.3) is 0 Å². The largest absolute Gasteiger partial charge is 0.345 e. The molecule has 1 saturated carbocycles. The van der Waals surface area contributed by atoms with Gasteiger partial charge in [-0.15, -0.1) is 0 Å². The van der Waals surface area contributed by atoms with Gasteiger partial charge in [-0.1, -0.05) is 18.9 Å². The van der Waals surface area contributed by atoms with Crippen molar-refractivity contribution in [2.45, 2.75) is 31.7 Å². The fourth-order valence-electron chi connectivity index (χ4n) is 2.96. The van der Waals surface area contributed by atoms with E-state index in [1.807, 2.05) is 0 Å². The van der Waals surface area contributed by atoms with E-state index in [1.54, 1.807) is 6.07 Å². The molecule has 1 amide bonds. The Hall–Kier alpha value is -1.38. The van der Waals surface area contributed by atoms with E-state index in [1.165, 1.54) is 37.8 Å². The predicted octanol–water partition coefficient (Wildman–Crippen LogP) is 2.80. The highest BCUT2D eigenvalue weighted by Gasteiger charge is 2.35. The maximum absolute atomic E-state index is 13.1. The summed E-state index contributed by atoms with van der Waals surface area (Å²) in [6, 6.07) is 4.66. The molecule has 1 N–H and O–H groups in total. The van der Waals surface area contributed by atoms with Gasteiger partial charge in [-0.2, -0.15) is 0 Å². The Balaban J connectivity index is 1.98. The number of carbonyl (C=O) groups is 1. The van der Waals surface area contributed by atoms with Crippen LogP contribution in [0.15, 0.2) is 18.2 Å². The molecule has 84 valence electrons. The van der Waals surface area contributed by atoms with Crippen molar-refractivity contribution < 1.29 is 9.18 Å². The first kappa shape index (κ1) is 9.82. The zero-order valence-corrected chi connectivity index (χ0v) is 9.00. The summed E-state index contributed by atoms with van der Waals surface area (Å²) in [5.41, 5.74) is 1.51. The summed E-state index contributed by atoms with van der Waals surface area (Å²) in [5, 5.41) is 2.98. The standard InChI is InChI=1S/C13H14FNO/c14-9-5-6-10-11(7-9)13(16)15-12(10)8-3-1-2-4-8/h5-8,12H,1-4H2,(H,15,16). The Morgan fingerprint density at radius 1 is 1.25 bits per heavy atom. The number of fused-ring (bicyclic) bond motifs is 1. The molecule has 1 fully saturated rings. The number of amides is 1. The second-order valence-electron chi connectivity index (χ2n) is 4.73. The maximum atomic E-state index is 13.1. The molecule has 2 nitrogen and oxygen atoms in total. The highest BCUT2D eigenvalue weighted by atomic mass is 19.1. The first-order valence-corrected chi connectivity index (χ1v) is 5.86. The Bertz CT molecular complexity index is 438. The van der Waals surface area contributed by atoms with E-state index in [9.17, 15) is 9.18 Å². The van der Waals surface area contributed by atoms with E-state index in [-0.39, 0.29) is 17.8 Å². The van der Waals surface area contributed by atoms with Crippen LogP contribution in [0.3, 0.4) is 0 Å². The van der Waals surface area contributed by atoms with Crippen molar-refractivity contribution in [3.05, 3.63) is 35.1 Å². The highest BCUT2D eigenvalue weighted by molar-refractivity contribution is 5.99. The lowest BCUT2D eigenvalue weighted by Gasteiger charge is -2.18. The second kappa shape index (κ2) is 3.58. The zero-order chi connectivity index (χ0) is 11.1. The van der Waals surface area contributed by atoms with Crippen molar-refractivity contribution in [1.29, 1.82) is 0 Å². The van der Waals surface area contributed by atoms with Gasteiger partial charge in [-0.25, -0.2) is 4.39 Å². The number of rotatable bonds is 1. The summed E-state index contributed by atoms with van der Waals surface area (Å²) in [6.07, 6.45) is 4.82. The molecule has 2 aliphatic rings. The Labute approximate surface area is 93.9 Å². The molecule has 1 aromatic carbocycles. The zero-order valence-electron chi connectivity index (χ0n) is 9.00. The number of carbonyl (C=O) groups excluding carboxylic acids is 1. The molecule has 3 heteroatoms. The molecule has 0 aromatic heterocycles. The maximum Gasteiger partial charge on any atom is 0.252 e. The van der Waals surface area contributed by atoms with Crippen LogP contribution in [0.1, 0.15) is 47.6 Å². The number of benzene rings is 1. The lowest BCUT2D eigenvalue weighted by Crippen LogP contribution is -2.24. The third-order valence-corrected chi connectivity index (χ3v) is 3.75. The molecule has 1 aliphatic carbocycles. The van der Waals surface area contributed by atoms with Crippen LogP contribution in [0.4, 0.5) is 4.39 Å². The van der Waals surface area contributed by atoms with E-state index in [0.717, 1.165) is 5.56 Å². The second-order valence-corrected chi connectivity index (χ2v) is 4.73. The topological polar surface area (TPSA) is 29.1 Å². The Morgan fingerprint density at radius 3 is 2.75 bits per heavy atom. The summed E-state index contributed by atoms with van der Waals surface area (Å²) < 4.78 is 13.1. The Morgan fingerprint density at radius 2 is 2.00 bits per heavy atom. The fraction of sp³-hybridized carbons (Fsp3) is 0.462. The van der Waals surface area contributed by atoms with Crippen molar-refractivity contribution in [1.82, 2.24) is 5.32 Å². The van der Waals surface area contributed by atoms with E-state index in [0.29, 0.717) is 11.5 Å². The van der Waals surface area contributed by atoms with Gasteiger partial charge in [0.05, 0.1) is 6.04 Å². The van der Waals surface area contributed by atoms with Crippen LogP contribution in [-0.4, -0.2) is 5.91 Å². The van der Waals surface area contributed by atoms with Gasteiger partial charge in [0, 0.05) is 5.56 Å². The predicted molar refractivity (Wildman–Crippen MR) is 58.6 cm³/mol. The van der Waals surface area contributed by atoms with E-state index < -0.39 is 0 Å². The molecule has 0 saturated heterocycles. The number of halogens is 1. The normalized spacial score (nSPS) is 24.6. The minimum absolute atomic E-state index is 0.116. The van der Waals surface area contributed by atoms with Gasteiger partial charge >= 0.3 is 0 Å². The van der Waals surface area contributed by atoms with E-state index in [4.69, 9.17) is 0 Å². The summed E-state index contributed by atoms with van der Waals surface area (Å²) in [5.74, 6) is 0.0861. The van der Waals surface area contributed by atoms with Crippen molar-refractivity contribution in [3.8, 4) is 0 Å². The number of hydrogen-bond acceptors (Lipinski definition) is 1. The summed E-state index contributed by atoms with van der Waals surface area (Å²) in [4.78, 5) is 11.7. The number of hydrogen-bond donors (Lipinski definition) is 1. The van der Waals surface area contributed by atoms with Gasteiger partial charge in [0.25, 0.3) is 5.91 Å². The average Bonchev–Trinajstić information content (AvgIpc) is 2.87. The van der Waals surface area contributed by atoms with Crippen LogP contribution >= 0.6 is 0 Å². The minimum atomic E-state index is -0.332. The third-order valence-electron chi connectivity index (χ3n) is 3.75. The van der Waals surface area contributed by atoms with Gasteiger partial charge in [0.15, 0.2) is 0 Å². The molecule has 0 bridgehead atoms. The average molecular weight is 219 g/mol.